The van der Waals surface area contributed by atoms with Crippen molar-refractivity contribution >= 4 is 32.9 Å². The molecule has 0 fully saturated rings. The number of rotatable bonds is 6. The number of sulfone groups is 1. The molecule has 0 unspecified atom stereocenters. The zero-order valence-electron chi connectivity index (χ0n) is 15.3. The number of benzene rings is 2. The summed E-state index contributed by atoms with van der Waals surface area (Å²) >= 11 is 1.02. The second-order valence-electron chi connectivity index (χ2n) is 6.48. The molecule has 0 aliphatic heterocycles. The highest BCUT2D eigenvalue weighted by atomic mass is 32.2. The van der Waals surface area contributed by atoms with Gasteiger partial charge in [-0.05, 0) is 43.2 Å². The maximum Gasteiger partial charge on any atom is 0.346 e. The maximum atomic E-state index is 12.7. The Morgan fingerprint density at radius 1 is 1.00 bits per heavy atom. The summed E-state index contributed by atoms with van der Waals surface area (Å²) in [5.41, 5.74) is 2.48. The first kappa shape index (κ1) is 20.0. The maximum absolute atomic E-state index is 12.7. The number of carbonyl (C=O) groups is 2. The Kier molecular flexibility index (Phi) is 5.49. The molecule has 0 atom stereocenters. The number of carboxylic acid groups (broad SMARTS) is 1. The van der Waals surface area contributed by atoms with Crippen LogP contribution in [0.3, 0.4) is 0 Å². The van der Waals surface area contributed by atoms with Gasteiger partial charge >= 0.3 is 5.97 Å². The molecular formula is C21H18O5S2. The molecule has 0 saturated heterocycles. The Morgan fingerprint density at radius 2 is 1.61 bits per heavy atom. The van der Waals surface area contributed by atoms with Crippen LogP contribution >= 0.6 is 11.3 Å². The molecule has 5 nitrogen and oxygen atoms in total. The zero-order valence-corrected chi connectivity index (χ0v) is 16.9. The first-order valence-electron chi connectivity index (χ1n) is 8.44. The summed E-state index contributed by atoms with van der Waals surface area (Å²) in [6, 6.07) is 14.9. The van der Waals surface area contributed by atoms with Gasteiger partial charge in [-0.2, -0.15) is 0 Å². The zero-order chi connectivity index (χ0) is 20.5. The van der Waals surface area contributed by atoms with Gasteiger partial charge in [0.2, 0.25) is 0 Å². The smallest absolute Gasteiger partial charge is 0.346 e. The lowest BCUT2D eigenvalue weighted by molar-refractivity contribution is 0.0701. The lowest BCUT2D eigenvalue weighted by atomic mass is 10.1. The molecule has 0 aliphatic rings. The predicted molar refractivity (Wildman–Crippen MR) is 109 cm³/mol. The average molecular weight is 415 g/mol. The lowest BCUT2D eigenvalue weighted by Crippen LogP contribution is -2.07. The second kappa shape index (κ2) is 7.69. The molecule has 3 aromatic rings. The highest BCUT2D eigenvalue weighted by Gasteiger charge is 2.23. The molecule has 1 heterocycles. The van der Waals surface area contributed by atoms with Crippen LogP contribution in [0.4, 0.5) is 0 Å². The number of ketones is 1. The van der Waals surface area contributed by atoms with Crippen LogP contribution in [0.2, 0.25) is 0 Å². The first-order chi connectivity index (χ1) is 13.2. The number of aromatic carboxylic acids is 1. The average Bonchev–Trinajstić information content (AvgIpc) is 3.05. The van der Waals surface area contributed by atoms with Crippen molar-refractivity contribution in [1.29, 1.82) is 0 Å². The SMILES string of the molecule is CC(=O)c1ccc(-c2cc(CS(=O)(=O)c3ccc(C)cc3)c(C(=O)O)s2)cc1. The third-order valence-corrected chi connectivity index (χ3v) is 7.20. The van der Waals surface area contributed by atoms with E-state index in [1.807, 2.05) is 6.92 Å². The largest absolute Gasteiger partial charge is 0.477 e. The van der Waals surface area contributed by atoms with Crippen LogP contribution < -0.4 is 0 Å². The number of hydrogen-bond donors (Lipinski definition) is 1. The van der Waals surface area contributed by atoms with Gasteiger partial charge < -0.3 is 5.11 Å². The molecule has 28 heavy (non-hydrogen) atoms. The van der Waals surface area contributed by atoms with Gasteiger partial charge in [0.1, 0.15) is 4.88 Å². The predicted octanol–water partition coefficient (Wildman–Crippen LogP) is 4.60. The van der Waals surface area contributed by atoms with Gasteiger partial charge in [-0.1, -0.05) is 42.0 Å². The number of carboxylic acids is 1. The summed E-state index contributed by atoms with van der Waals surface area (Å²) in [5, 5.41) is 9.52. The quantitative estimate of drug-likeness (QED) is 0.596. The van der Waals surface area contributed by atoms with Gasteiger partial charge in [0.15, 0.2) is 15.6 Å². The van der Waals surface area contributed by atoms with E-state index in [0.29, 0.717) is 10.4 Å². The lowest BCUT2D eigenvalue weighted by Gasteiger charge is -2.05. The van der Waals surface area contributed by atoms with Crippen LogP contribution in [-0.2, 0) is 15.6 Å². The van der Waals surface area contributed by atoms with E-state index in [2.05, 4.69) is 0 Å². The number of thiophene rings is 1. The molecular weight excluding hydrogens is 396 g/mol. The summed E-state index contributed by atoms with van der Waals surface area (Å²) in [4.78, 5) is 23.9. The Bertz CT molecular complexity index is 1140. The van der Waals surface area contributed by atoms with Gasteiger partial charge in [0.05, 0.1) is 10.6 Å². The molecule has 144 valence electrons. The Morgan fingerprint density at radius 3 is 2.14 bits per heavy atom. The van der Waals surface area contributed by atoms with Crippen molar-refractivity contribution in [3.05, 3.63) is 76.2 Å². The highest BCUT2D eigenvalue weighted by molar-refractivity contribution is 7.90. The Labute approximate surface area is 167 Å². The van der Waals surface area contributed by atoms with Crippen LogP contribution in [0.15, 0.2) is 59.5 Å². The van der Waals surface area contributed by atoms with Crippen molar-refractivity contribution in [2.45, 2.75) is 24.5 Å². The van der Waals surface area contributed by atoms with Crippen molar-refractivity contribution in [3.63, 3.8) is 0 Å². The van der Waals surface area contributed by atoms with E-state index in [0.717, 1.165) is 22.5 Å². The molecule has 0 spiro atoms. The van der Waals surface area contributed by atoms with Crippen molar-refractivity contribution in [2.75, 3.05) is 0 Å². The van der Waals surface area contributed by atoms with Crippen LogP contribution in [0, 0.1) is 6.92 Å². The van der Waals surface area contributed by atoms with E-state index in [9.17, 15) is 23.1 Å². The Balaban J connectivity index is 1.98. The summed E-state index contributed by atoms with van der Waals surface area (Å²) in [6.45, 7) is 3.33. The van der Waals surface area contributed by atoms with E-state index < -0.39 is 15.8 Å². The third kappa shape index (κ3) is 4.21. The summed E-state index contributed by atoms with van der Waals surface area (Å²) in [7, 11) is -3.67. The van der Waals surface area contributed by atoms with Crippen LogP contribution in [-0.4, -0.2) is 25.3 Å². The molecule has 0 aliphatic carbocycles. The van der Waals surface area contributed by atoms with E-state index in [4.69, 9.17) is 0 Å². The molecule has 0 saturated carbocycles. The Hall–Kier alpha value is -2.77. The summed E-state index contributed by atoms with van der Waals surface area (Å²) in [5.74, 6) is -1.61. The molecule has 0 bridgehead atoms. The number of aryl methyl sites for hydroxylation is 1. The van der Waals surface area contributed by atoms with Crippen LogP contribution in [0.1, 0.15) is 38.1 Å². The van der Waals surface area contributed by atoms with Gasteiger partial charge in [0, 0.05) is 10.4 Å². The summed E-state index contributed by atoms with van der Waals surface area (Å²) < 4.78 is 25.5. The number of hydrogen-bond acceptors (Lipinski definition) is 5. The normalized spacial score (nSPS) is 11.4. The number of carbonyl (C=O) groups excluding carboxylic acids is 1. The van der Waals surface area contributed by atoms with Gasteiger partial charge in [-0.15, -0.1) is 11.3 Å². The van der Waals surface area contributed by atoms with E-state index in [1.165, 1.54) is 19.1 Å². The van der Waals surface area contributed by atoms with Crippen molar-refractivity contribution in [3.8, 4) is 10.4 Å². The minimum absolute atomic E-state index is 0.00123. The highest BCUT2D eigenvalue weighted by Crippen LogP contribution is 2.34. The third-order valence-electron chi connectivity index (χ3n) is 4.30. The standard InChI is InChI=1S/C21H18O5S2/c1-13-3-9-18(10-4-13)28(25,26)12-17-11-19(27-20(17)21(23)24)16-7-5-15(6-8-16)14(2)22/h3-11H,12H2,1-2H3,(H,23,24). The van der Waals surface area contributed by atoms with Crippen LogP contribution in [0.25, 0.3) is 10.4 Å². The second-order valence-corrected chi connectivity index (χ2v) is 9.52. The van der Waals surface area contributed by atoms with Crippen molar-refractivity contribution in [1.82, 2.24) is 0 Å². The van der Waals surface area contributed by atoms with Gasteiger partial charge in [0.25, 0.3) is 0 Å². The van der Waals surface area contributed by atoms with E-state index >= 15 is 0 Å². The number of Topliss-reactive ketones (excluding diaryl/α,β-unsaturated/α-hetero) is 1. The fourth-order valence-corrected chi connectivity index (χ4v) is 5.23. The van der Waals surface area contributed by atoms with E-state index in [1.54, 1.807) is 42.5 Å². The fraction of sp³-hybridized carbons (Fsp3) is 0.143. The topological polar surface area (TPSA) is 88.5 Å². The van der Waals surface area contributed by atoms with Gasteiger partial charge in [-0.25, -0.2) is 13.2 Å². The minimum Gasteiger partial charge on any atom is -0.477 e. The van der Waals surface area contributed by atoms with Crippen molar-refractivity contribution < 1.29 is 23.1 Å². The first-order valence-corrected chi connectivity index (χ1v) is 10.9. The molecule has 0 radical (unpaired) electrons. The van der Waals surface area contributed by atoms with Crippen LogP contribution in [0.5, 0.6) is 0 Å². The molecule has 1 aromatic heterocycles. The van der Waals surface area contributed by atoms with E-state index in [-0.39, 0.29) is 26.9 Å². The monoisotopic (exact) mass is 414 g/mol. The van der Waals surface area contributed by atoms with Crippen molar-refractivity contribution in [2.24, 2.45) is 0 Å². The molecule has 7 heteroatoms. The van der Waals surface area contributed by atoms with Gasteiger partial charge in [-0.3, -0.25) is 4.79 Å². The summed E-state index contributed by atoms with van der Waals surface area (Å²) in [6.07, 6.45) is 0. The minimum atomic E-state index is -3.67. The molecule has 3 rings (SSSR count). The molecule has 1 N–H and O–H groups in total. The molecule has 2 aromatic carbocycles. The fourth-order valence-electron chi connectivity index (χ4n) is 2.76. The molecule has 0 amide bonds.